The lowest BCUT2D eigenvalue weighted by molar-refractivity contribution is 0.374. The van der Waals surface area contributed by atoms with Crippen molar-refractivity contribution in [2.45, 2.75) is 44.6 Å². The Morgan fingerprint density at radius 1 is 1.05 bits per heavy atom. The number of nitrogens with one attached hydrogen (secondary N) is 1. The van der Waals surface area contributed by atoms with E-state index in [0.717, 1.165) is 11.4 Å². The van der Waals surface area contributed by atoms with E-state index in [4.69, 9.17) is 11.6 Å². The van der Waals surface area contributed by atoms with Gasteiger partial charge in [-0.3, -0.25) is 0 Å². The van der Waals surface area contributed by atoms with Crippen molar-refractivity contribution >= 4 is 17.3 Å². The quantitative estimate of drug-likeness (QED) is 0.752. The van der Waals surface area contributed by atoms with E-state index in [2.05, 4.69) is 48.6 Å². The van der Waals surface area contributed by atoms with Crippen LogP contribution in [0.2, 0.25) is 5.02 Å². The fourth-order valence-corrected chi connectivity index (χ4v) is 3.38. The maximum atomic E-state index is 6.27. The lowest BCUT2D eigenvalue weighted by Gasteiger charge is -2.37. The zero-order valence-electron chi connectivity index (χ0n) is 12.5. The monoisotopic (exact) mass is 299 g/mol. The molecule has 0 unspecified atom stereocenters. The van der Waals surface area contributed by atoms with E-state index in [9.17, 15) is 0 Å². The number of rotatable bonds is 5. The van der Waals surface area contributed by atoms with E-state index < -0.39 is 0 Å². The van der Waals surface area contributed by atoms with Crippen molar-refractivity contribution in [1.82, 2.24) is 0 Å². The van der Waals surface area contributed by atoms with Crippen molar-refractivity contribution in [1.29, 1.82) is 0 Å². The first-order valence-electron chi connectivity index (χ1n) is 7.86. The van der Waals surface area contributed by atoms with Gasteiger partial charge < -0.3 is 5.32 Å². The van der Waals surface area contributed by atoms with E-state index in [1.807, 2.05) is 12.1 Å². The van der Waals surface area contributed by atoms with Crippen molar-refractivity contribution in [3.05, 3.63) is 64.7 Å². The molecule has 21 heavy (non-hydrogen) atoms. The number of benzene rings is 2. The molecule has 1 aliphatic rings. The summed E-state index contributed by atoms with van der Waals surface area (Å²) in [5.74, 6) is 0.607. The van der Waals surface area contributed by atoms with Crippen molar-refractivity contribution in [2.24, 2.45) is 0 Å². The lowest BCUT2D eigenvalue weighted by atomic mass is 9.76. The second-order valence-corrected chi connectivity index (χ2v) is 6.39. The van der Waals surface area contributed by atoms with Crippen molar-refractivity contribution in [3.63, 3.8) is 0 Å². The van der Waals surface area contributed by atoms with Crippen LogP contribution < -0.4 is 5.32 Å². The summed E-state index contributed by atoms with van der Waals surface area (Å²) in [6.45, 7) is 2.22. The molecule has 2 aromatic carbocycles. The molecule has 1 saturated carbocycles. The molecule has 2 aromatic rings. The van der Waals surface area contributed by atoms with Gasteiger partial charge in [-0.2, -0.15) is 0 Å². The smallest absolute Gasteiger partial charge is 0.0440 e. The van der Waals surface area contributed by atoms with Gasteiger partial charge >= 0.3 is 0 Å². The van der Waals surface area contributed by atoms with Crippen molar-refractivity contribution < 1.29 is 0 Å². The normalized spacial score (nSPS) is 20.9. The molecule has 0 heterocycles. The average molecular weight is 300 g/mol. The third-order valence-electron chi connectivity index (χ3n) is 4.35. The summed E-state index contributed by atoms with van der Waals surface area (Å²) in [5, 5.41) is 4.53. The molecule has 0 bridgehead atoms. The highest BCUT2D eigenvalue weighted by Crippen LogP contribution is 2.41. The van der Waals surface area contributed by atoms with Crippen LogP contribution in [-0.2, 0) is 6.42 Å². The Morgan fingerprint density at radius 3 is 2.43 bits per heavy atom. The molecule has 110 valence electrons. The molecular formula is C19H22ClN. The first-order chi connectivity index (χ1) is 10.3. The first-order valence-corrected chi connectivity index (χ1v) is 8.24. The van der Waals surface area contributed by atoms with Gasteiger partial charge in [0, 0.05) is 16.8 Å². The van der Waals surface area contributed by atoms with Crippen molar-refractivity contribution in [3.8, 4) is 0 Å². The van der Waals surface area contributed by atoms with Gasteiger partial charge in [0.25, 0.3) is 0 Å². The van der Waals surface area contributed by atoms with E-state index in [1.54, 1.807) is 0 Å². The number of hydrogen-bond donors (Lipinski definition) is 1. The van der Waals surface area contributed by atoms with Gasteiger partial charge in [0.2, 0.25) is 0 Å². The Kier molecular flexibility index (Phi) is 4.50. The third-order valence-corrected chi connectivity index (χ3v) is 4.69. The molecule has 0 atom stereocenters. The minimum atomic E-state index is 0.572. The highest BCUT2D eigenvalue weighted by Gasteiger charge is 2.31. The van der Waals surface area contributed by atoms with E-state index in [0.29, 0.717) is 12.0 Å². The molecule has 0 spiro atoms. The summed E-state index contributed by atoms with van der Waals surface area (Å²) in [7, 11) is 0. The predicted octanol–water partition coefficient (Wildman–Crippen LogP) is 5.65. The number of halogens is 1. The molecule has 0 aromatic heterocycles. The Bertz CT molecular complexity index is 585. The predicted molar refractivity (Wildman–Crippen MR) is 91.3 cm³/mol. The summed E-state index contributed by atoms with van der Waals surface area (Å²) in [4.78, 5) is 0. The highest BCUT2D eigenvalue weighted by atomic mass is 35.5. The van der Waals surface area contributed by atoms with E-state index >= 15 is 0 Å². The molecular weight excluding hydrogens is 278 g/mol. The SMILES string of the molecule is CCCc1ccc(NC2CC(c3ccccc3Cl)C2)cc1. The highest BCUT2D eigenvalue weighted by molar-refractivity contribution is 6.31. The molecule has 0 radical (unpaired) electrons. The van der Waals surface area contributed by atoms with Crippen LogP contribution in [0.5, 0.6) is 0 Å². The Labute approximate surface area is 132 Å². The maximum absolute atomic E-state index is 6.27. The standard InChI is InChI=1S/C19H22ClN/c1-2-5-14-8-10-16(11-9-14)21-17-12-15(13-17)18-6-3-4-7-19(18)20/h3-4,6-11,15,17,21H,2,5,12-13H2,1H3. The van der Waals surface area contributed by atoms with Crippen LogP contribution in [0, 0.1) is 0 Å². The molecule has 1 nitrogen and oxygen atoms in total. The maximum Gasteiger partial charge on any atom is 0.0440 e. The zero-order valence-corrected chi connectivity index (χ0v) is 13.2. The van der Waals surface area contributed by atoms with Crippen LogP contribution in [0.4, 0.5) is 5.69 Å². The van der Waals surface area contributed by atoms with E-state index in [1.165, 1.54) is 36.1 Å². The topological polar surface area (TPSA) is 12.0 Å². The van der Waals surface area contributed by atoms with Gasteiger partial charge in [-0.15, -0.1) is 0 Å². The number of hydrogen-bond acceptors (Lipinski definition) is 1. The molecule has 0 aliphatic heterocycles. The average Bonchev–Trinajstić information content (AvgIpc) is 2.46. The molecule has 0 saturated heterocycles. The Morgan fingerprint density at radius 2 is 1.76 bits per heavy atom. The van der Waals surface area contributed by atoms with E-state index in [-0.39, 0.29) is 0 Å². The summed E-state index contributed by atoms with van der Waals surface area (Å²) in [6, 6.07) is 17.7. The fraction of sp³-hybridized carbons (Fsp3) is 0.368. The van der Waals surface area contributed by atoms with Crippen molar-refractivity contribution in [2.75, 3.05) is 5.32 Å². The summed E-state index contributed by atoms with van der Waals surface area (Å²) < 4.78 is 0. The molecule has 1 N–H and O–H groups in total. The Balaban J connectivity index is 1.54. The molecule has 1 fully saturated rings. The largest absolute Gasteiger partial charge is 0.382 e. The van der Waals surface area contributed by atoms with Crippen LogP contribution in [0.25, 0.3) is 0 Å². The van der Waals surface area contributed by atoms with Crippen LogP contribution in [-0.4, -0.2) is 6.04 Å². The molecule has 0 amide bonds. The lowest BCUT2D eigenvalue weighted by Crippen LogP contribution is -2.34. The van der Waals surface area contributed by atoms with Crippen LogP contribution in [0.1, 0.15) is 43.2 Å². The van der Waals surface area contributed by atoms with Crippen LogP contribution in [0.15, 0.2) is 48.5 Å². The van der Waals surface area contributed by atoms with Gasteiger partial charge in [0.15, 0.2) is 0 Å². The number of anilines is 1. The molecule has 1 aliphatic carbocycles. The van der Waals surface area contributed by atoms with Gasteiger partial charge in [-0.1, -0.05) is 55.3 Å². The molecule has 2 heteroatoms. The summed E-state index contributed by atoms with van der Waals surface area (Å²) >= 11 is 6.27. The van der Waals surface area contributed by atoms with Crippen LogP contribution >= 0.6 is 11.6 Å². The van der Waals surface area contributed by atoms with Crippen LogP contribution in [0.3, 0.4) is 0 Å². The van der Waals surface area contributed by atoms with Gasteiger partial charge in [0.05, 0.1) is 0 Å². The second kappa shape index (κ2) is 6.53. The second-order valence-electron chi connectivity index (χ2n) is 5.98. The number of aryl methyl sites for hydroxylation is 1. The van der Waals surface area contributed by atoms with Gasteiger partial charge in [-0.25, -0.2) is 0 Å². The first kappa shape index (κ1) is 14.5. The van der Waals surface area contributed by atoms with Gasteiger partial charge in [0.1, 0.15) is 0 Å². The zero-order chi connectivity index (χ0) is 14.7. The summed E-state index contributed by atoms with van der Waals surface area (Å²) in [5.41, 5.74) is 3.96. The third kappa shape index (κ3) is 3.41. The summed E-state index contributed by atoms with van der Waals surface area (Å²) in [6.07, 6.45) is 4.70. The molecule has 3 rings (SSSR count). The van der Waals surface area contributed by atoms with Gasteiger partial charge in [-0.05, 0) is 54.5 Å². The Hall–Kier alpha value is -1.47. The minimum absolute atomic E-state index is 0.572. The fourth-order valence-electron chi connectivity index (χ4n) is 3.09. The minimum Gasteiger partial charge on any atom is -0.382 e.